The molecule has 2 fully saturated rings. The van der Waals surface area contributed by atoms with E-state index in [1.807, 2.05) is 30.5 Å². The van der Waals surface area contributed by atoms with Gasteiger partial charge in [-0.3, -0.25) is 9.59 Å². The zero-order chi connectivity index (χ0) is 24.9. The van der Waals surface area contributed by atoms with Crippen molar-refractivity contribution in [2.24, 2.45) is 11.8 Å². The Balaban J connectivity index is 1.73. The number of ether oxygens (including phenoxy) is 1. The van der Waals surface area contributed by atoms with Crippen molar-refractivity contribution in [3.63, 3.8) is 0 Å². The fourth-order valence-corrected chi connectivity index (χ4v) is 6.34. The minimum atomic E-state index is -1.17. The number of hydrogen-bond donors (Lipinski definition) is 1. The largest absolute Gasteiger partial charge is 0.497 e. The van der Waals surface area contributed by atoms with Crippen LogP contribution in [-0.2, 0) is 9.59 Å². The van der Waals surface area contributed by atoms with Crippen molar-refractivity contribution in [2.45, 2.75) is 44.7 Å². The van der Waals surface area contributed by atoms with Gasteiger partial charge in [-0.25, -0.2) is 4.79 Å². The van der Waals surface area contributed by atoms with Crippen LogP contribution in [0.2, 0.25) is 0 Å². The number of Topliss-reactive ketones (excluding diaryl/α,β-unsaturated/α-hetero) is 1. The highest BCUT2D eigenvalue weighted by atomic mass is 32.1. The first-order chi connectivity index (χ1) is 16.8. The number of carboxylic acids is 1. The number of nitrogens with zero attached hydrogens (tertiary/aromatic N) is 1. The van der Waals surface area contributed by atoms with Crippen LogP contribution in [0.15, 0.2) is 52.3 Å². The van der Waals surface area contributed by atoms with Gasteiger partial charge in [-0.2, -0.15) is 0 Å². The standard InChI is InChI=1S/C27H27NO6S/c1-14-12-13-35-25(14)21-20(24(29)19-11-4-15(2)34-19)22(16-7-9-18(33-3)10-8-16)28(23(21)27(31)32)26(30)17-5-6-17/h4,7-13,17,20-23H,5-6H2,1-3H3,(H,31,32). The lowest BCUT2D eigenvalue weighted by Crippen LogP contribution is -2.44. The highest BCUT2D eigenvalue weighted by Gasteiger charge is 2.60. The number of benzene rings is 1. The van der Waals surface area contributed by atoms with Gasteiger partial charge < -0.3 is 19.2 Å². The zero-order valence-electron chi connectivity index (χ0n) is 19.8. The minimum absolute atomic E-state index is 0.176. The number of hydrogen-bond acceptors (Lipinski definition) is 6. The molecule has 8 heteroatoms. The van der Waals surface area contributed by atoms with Crippen molar-refractivity contribution < 1.29 is 28.6 Å². The summed E-state index contributed by atoms with van der Waals surface area (Å²) in [7, 11) is 1.56. The van der Waals surface area contributed by atoms with Crippen LogP contribution in [0.25, 0.3) is 0 Å². The van der Waals surface area contributed by atoms with E-state index in [2.05, 4.69) is 0 Å². The number of furan rings is 1. The number of thiophene rings is 1. The molecule has 1 N–H and O–H groups in total. The lowest BCUT2D eigenvalue weighted by atomic mass is 9.79. The average molecular weight is 494 g/mol. The molecule has 1 aliphatic carbocycles. The van der Waals surface area contributed by atoms with E-state index in [0.717, 1.165) is 23.3 Å². The SMILES string of the molecule is COc1ccc(C2C(C(=O)c3ccc(C)o3)C(c3sccc3C)C(C(=O)O)N2C(=O)C2CC2)cc1. The first kappa shape index (κ1) is 23.4. The molecule has 35 heavy (non-hydrogen) atoms. The van der Waals surface area contributed by atoms with Gasteiger partial charge in [0.05, 0.1) is 19.1 Å². The maximum atomic E-state index is 14.1. The van der Waals surface area contributed by atoms with Crippen LogP contribution in [0.4, 0.5) is 0 Å². The molecule has 3 heterocycles. The molecule has 1 aromatic carbocycles. The highest BCUT2D eigenvalue weighted by Crippen LogP contribution is 2.54. The number of amides is 1. The molecule has 0 spiro atoms. The van der Waals surface area contributed by atoms with Gasteiger partial charge in [0.1, 0.15) is 17.6 Å². The van der Waals surface area contributed by atoms with E-state index in [0.29, 0.717) is 17.1 Å². The molecule has 1 amide bonds. The summed E-state index contributed by atoms with van der Waals surface area (Å²) in [4.78, 5) is 42.8. The maximum Gasteiger partial charge on any atom is 0.327 e. The number of aryl methyl sites for hydroxylation is 2. The van der Waals surface area contributed by atoms with E-state index < -0.39 is 29.9 Å². The molecule has 7 nitrogen and oxygen atoms in total. The normalized spacial score (nSPS) is 23.9. The van der Waals surface area contributed by atoms with Gasteiger partial charge in [0, 0.05) is 16.7 Å². The molecule has 2 aliphatic rings. The second-order valence-electron chi connectivity index (χ2n) is 9.31. The van der Waals surface area contributed by atoms with E-state index in [1.54, 1.807) is 38.3 Å². The Bertz CT molecular complexity index is 1270. The van der Waals surface area contributed by atoms with Crippen molar-refractivity contribution in [3.8, 4) is 5.75 Å². The van der Waals surface area contributed by atoms with Crippen LogP contribution >= 0.6 is 11.3 Å². The number of carbonyl (C=O) groups is 3. The van der Waals surface area contributed by atoms with Gasteiger partial charge in [-0.1, -0.05) is 12.1 Å². The fourth-order valence-electron chi connectivity index (χ4n) is 5.24. The Morgan fingerprint density at radius 1 is 1.06 bits per heavy atom. The predicted octanol–water partition coefficient (Wildman–Crippen LogP) is 5.00. The number of rotatable bonds is 7. The third-order valence-electron chi connectivity index (χ3n) is 7.05. The first-order valence-electron chi connectivity index (χ1n) is 11.7. The molecular formula is C27H27NO6S. The van der Waals surface area contributed by atoms with Crippen LogP contribution in [0.1, 0.15) is 57.1 Å². The van der Waals surface area contributed by atoms with Crippen LogP contribution in [-0.4, -0.2) is 40.8 Å². The highest BCUT2D eigenvalue weighted by molar-refractivity contribution is 7.10. The molecule has 4 unspecified atom stereocenters. The van der Waals surface area contributed by atoms with E-state index in [-0.39, 0.29) is 23.4 Å². The number of methoxy groups -OCH3 is 1. The summed E-state index contributed by atoms with van der Waals surface area (Å²) in [6.45, 7) is 3.67. The summed E-state index contributed by atoms with van der Waals surface area (Å²) in [6, 6.07) is 10.5. The molecule has 182 valence electrons. The zero-order valence-corrected chi connectivity index (χ0v) is 20.6. The maximum absolute atomic E-state index is 14.1. The lowest BCUT2D eigenvalue weighted by Gasteiger charge is -2.30. The van der Waals surface area contributed by atoms with Crippen molar-refractivity contribution in [2.75, 3.05) is 7.11 Å². The molecule has 2 aromatic heterocycles. The van der Waals surface area contributed by atoms with Crippen LogP contribution in [0.5, 0.6) is 5.75 Å². The Kier molecular flexibility index (Phi) is 6.01. The Morgan fingerprint density at radius 2 is 1.77 bits per heavy atom. The molecular weight excluding hydrogens is 466 g/mol. The molecule has 3 aromatic rings. The van der Waals surface area contributed by atoms with Crippen LogP contribution < -0.4 is 4.74 Å². The van der Waals surface area contributed by atoms with Gasteiger partial charge in [-0.05, 0) is 73.5 Å². The smallest absolute Gasteiger partial charge is 0.327 e. The van der Waals surface area contributed by atoms with Crippen LogP contribution in [0, 0.1) is 25.7 Å². The third kappa shape index (κ3) is 4.05. The van der Waals surface area contributed by atoms with Gasteiger partial charge in [0.2, 0.25) is 11.7 Å². The number of likely N-dealkylation sites (tertiary alicyclic amines) is 1. The Morgan fingerprint density at radius 3 is 2.29 bits per heavy atom. The summed E-state index contributed by atoms with van der Waals surface area (Å²) in [5, 5.41) is 12.4. The molecule has 4 atom stereocenters. The summed E-state index contributed by atoms with van der Waals surface area (Å²) < 4.78 is 11.0. The molecule has 1 aliphatic heterocycles. The molecule has 0 bridgehead atoms. The minimum Gasteiger partial charge on any atom is -0.497 e. The van der Waals surface area contributed by atoms with Crippen molar-refractivity contribution in [3.05, 3.63) is 75.4 Å². The second kappa shape index (κ2) is 9.00. The molecule has 1 saturated carbocycles. The fraction of sp³-hybridized carbons (Fsp3) is 0.370. The van der Waals surface area contributed by atoms with E-state index in [4.69, 9.17) is 9.15 Å². The first-order valence-corrected chi connectivity index (χ1v) is 12.5. The second-order valence-corrected chi connectivity index (χ2v) is 10.3. The van der Waals surface area contributed by atoms with Crippen molar-refractivity contribution in [1.29, 1.82) is 0 Å². The van der Waals surface area contributed by atoms with Crippen molar-refractivity contribution >= 4 is 29.0 Å². The van der Waals surface area contributed by atoms with Gasteiger partial charge >= 0.3 is 5.97 Å². The summed E-state index contributed by atoms with van der Waals surface area (Å²) in [5.74, 6) is -1.94. The molecule has 1 saturated heterocycles. The summed E-state index contributed by atoms with van der Waals surface area (Å²) >= 11 is 1.43. The predicted molar refractivity (Wildman–Crippen MR) is 130 cm³/mol. The Labute approximate surface area is 207 Å². The summed E-state index contributed by atoms with van der Waals surface area (Å²) in [5.41, 5.74) is 1.61. The molecule has 5 rings (SSSR count). The van der Waals surface area contributed by atoms with Gasteiger partial charge in [0.25, 0.3) is 0 Å². The van der Waals surface area contributed by atoms with E-state index in [1.165, 1.54) is 16.2 Å². The van der Waals surface area contributed by atoms with Gasteiger partial charge in [0.15, 0.2) is 5.76 Å². The quantitative estimate of drug-likeness (QED) is 0.466. The van der Waals surface area contributed by atoms with E-state index >= 15 is 0 Å². The monoisotopic (exact) mass is 493 g/mol. The Hall–Kier alpha value is -3.39. The van der Waals surface area contributed by atoms with E-state index in [9.17, 15) is 19.5 Å². The number of carboxylic acid groups (broad SMARTS) is 1. The lowest BCUT2D eigenvalue weighted by molar-refractivity contribution is -0.150. The molecule has 0 radical (unpaired) electrons. The number of carbonyl (C=O) groups excluding carboxylic acids is 2. The third-order valence-corrected chi connectivity index (χ3v) is 8.17. The van der Waals surface area contributed by atoms with Crippen LogP contribution in [0.3, 0.4) is 0 Å². The summed E-state index contributed by atoms with van der Waals surface area (Å²) in [6.07, 6.45) is 1.46. The number of aliphatic carboxylic acids is 1. The average Bonchev–Trinajstić information content (AvgIpc) is 3.31. The van der Waals surface area contributed by atoms with Crippen molar-refractivity contribution in [1.82, 2.24) is 4.90 Å². The topological polar surface area (TPSA) is 97.0 Å². The number of ketones is 1. The van der Waals surface area contributed by atoms with Gasteiger partial charge in [-0.15, -0.1) is 11.3 Å².